The minimum atomic E-state index is -2.05. The van der Waals surface area contributed by atoms with Gasteiger partial charge in [0.1, 0.15) is 31.5 Å². The Balaban J connectivity index is 1.18. The van der Waals surface area contributed by atoms with Crippen molar-refractivity contribution in [2.24, 2.45) is 0 Å². The van der Waals surface area contributed by atoms with Crippen molar-refractivity contribution in [1.29, 1.82) is 0 Å². The van der Waals surface area contributed by atoms with E-state index >= 15 is 0 Å². The van der Waals surface area contributed by atoms with E-state index in [0.717, 1.165) is 0 Å². The van der Waals surface area contributed by atoms with Gasteiger partial charge in [-0.2, -0.15) is 0 Å². The highest BCUT2D eigenvalue weighted by Crippen LogP contribution is 2.38. The molecule has 17 nitrogen and oxygen atoms in total. The molecule has 402 valence electrons. The van der Waals surface area contributed by atoms with Crippen molar-refractivity contribution in [2.75, 3.05) is 13.2 Å². The zero-order valence-electron chi connectivity index (χ0n) is 41.7. The first-order chi connectivity index (χ1) is 38.5. The monoisotopic (exact) mass is 1090 g/mol. The van der Waals surface area contributed by atoms with Gasteiger partial charge in [0.25, 0.3) is 0 Å². The number of hydrogen-bond donors (Lipinski definition) is 0. The van der Waals surface area contributed by atoms with Crippen molar-refractivity contribution < 1.29 is 80.9 Å². The van der Waals surface area contributed by atoms with E-state index in [1.807, 2.05) is 0 Å². The third-order valence-corrected chi connectivity index (χ3v) is 12.9. The standard InChI is InChI=1S/C61H49ClO17/c62-53-51(77-59(68)43-32-18-6-19-33-43)49(47(74-56(65)40-26-12-3-13-27-40)45(72-53)36-70-54(63)38-22-8-1-9-23-38)79-61-52(78-60(69)44-34-20-7-21-35-44)50(76-58(67)42-30-16-5-17-31-42)48(75-57(66)41-28-14-4-15-29-41)46(73-61)37-71-55(64)39-24-10-2-11-25-39/h1-35,45-53,61H,36-37H2/t45-,46-,47+,48+,49+,50+,51-,52-,53+,61+/m1/s1. The second kappa shape index (κ2) is 26.4. The molecule has 0 saturated carbocycles. The SMILES string of the molecule is O=C(OC[C@H]1O[C@H](Cl)[C@H](OC(=O)c2ccccc2)[C@@H](O[C@@H]2O[C@H](COC(=O)c3ccccc3)[C@H](OC(=O)c3ccccc3)[C@H](OC(=O)c3ccccc3)[C@H]2OC(=O)c2ccccc2)[C@H]1OC(=O)c1ccccc1)c1ccccc1. The van der Waals surface area contributed by atoms with Gasteiger partial charge in [-0.05, 0) is 84.9 Å². The molecule has 0 spiro atoms. The van der Waals surface area contributed by atoms with Crippen molar-refractivity contribution in [3.05, 3.63) is 251 Å². The van der Waals surface area contributed by atoms with Crippen LogP contribution >= 0.6 is 11.6 Å². The van der Waals surface area contributed by atoms with Crippen LogP contribution in [0.25, 0.3) is 0 Å². The van der Waals surface area contributed by atoms with Gasteiger partial charge in [-0.15, -0.1) is 0 Å². The maximum absolute atomic E-state index is 14.5. The number of ether oxygens (including phenoxy) is 10. The van der Waals surface area contributed by atoms with Gasteiger partial charge in [0, 0.05) is 0 Å². The van der Waals surface area contributed by atoms with Gasteiger partial charge in [0.15, 0.2) is 42.4 Å². The summed E-state index contributed by atoms with van der Waals surface area (Å²) in [7, 11) is 0. The molecule has 10 atom stereocenters. The summed E-state index contributed by atoms with van der Waals surface area (Å²) >= 11 is 7.08. The molecule has 7 aromatic rings. The van der Waals surface area contributed by atoms with Gasteiger partial charge in [0.05, 0.1) is 38.9 Å². The highest BCUT2D eigenvalue weighted by Gasteiger charge is 2.58. The van der Waals surface area contributed by atoms with E-state index < -0.39 is 116 Å². The zero-order valence-corrected chi connectivity index (χ0v) is 42.5. The number of rotatable bonds is 18. The van der Waals surface area contributed by atoms with Gasteiger partial charge in [0.2, 0.25) is 0 Å². The van der Waals surface area contributed by atoms with Crippen molar-refractivity contribution in [2.45, 2.75) is 60.7 Å². The Morgan fingerprint density at radius 2 is 0.557 bits per heavy atom. The smallest absolute Gasteiger partial charge is 0.338 e. The largest absolute Gasteiger partial charge is 0.459 e. The summed E-state index contributed by atoms with van der Waals surface area (Å²) in [4.78, 5) is 98.8. The van der Waals surface area contributed by atoms with Crippen LogP contribution in [0.4, 0.5) is 0 Å². The molecule has 0 aliphatic carbocycles. The van der Waals surface area contributed by atoms with Crippen LogP contribution in [0.15, 0.2) is 212 Å². The summed E-state index contributed by atoms with van der Waals surface area (Å²) in [6.45, 7) is -1.38. The second-order valence-electron chi connectivity index (χ2n) is 17.8. The number of alkyl halides is 1. The van der Waals surface area contributed by atoms with Crippen LogP contribution in [0, 0.1) is 0 Å². The van der Waals surface area contributed by atoms with Gasteiger partial charge in [-0.25, -0.2) is 33.6 Å². The number of esters is 7. The molecule has 0 N–H and O–H groups in total. The average molecular weight is 1090 g/mol. The quantitative estimate of drug-likeness (QED) is 0.0446. The number of carbonyl (C=O) groups is 7. The Morgan fingerprint density at radius 3 is 0.886 bits per heavy atom. The topological polar surface area (TPSA) is 212 Å². The lowest BCUT2D eigenvalue weighted by molar-refractivity contribution is -0.334. The van der Waals surface area contributed by atoms with E-state index in [0.29, 0.717) is 0 Å². The Bertz CT molecular complexity index is 3170. The van der Waals surface area contributed by atoms with Gasteiger partial charge < -0.3 is 47.4 Å². The predicted octanol–water partition coefficient (Wildman–Crippen LogP) is 8.90. The van der Waals surface area contributed by atoms with Crippen molar-refractivity contribution in [3.63, 3.8) is 0 Å². The van der Waals surface area contributed by atoms with E-state index in [9.17, 15) is 33.6 Å². The summed E-state index contributed by atoms with van der Waals surface area (Å²) in [6.07, 6.45) is -16.3. The zero-order chi connectivity index (χ0) is 55.1. The maximum atomic E-state index is 14.5. The molecule has 7 aromatic carbocycles. The van der Waals surface area contributed by atoms with Crippen LogP contribution in [0.5, 0.6) is 0 Å². The van der Waals surface area contributed by atoms with Crippen molar-refractivity contribution >= 4 is 53.4 Å². The van der Waals surface area contributed by atoms with Crippen LogP contribution in [-0.4, -0.2) is 116 Å². The molecule has 0 radical (unpaired) electrons. The summed E-state index contributed by atoms with van der Waals surface area (Å²) in [5, 5.41) is 0. The third-order valence-electron chi connectivity index (χ3n) is 12.5. The van der Waals surface area contributed by atoms with Crippen LogP contribution in [0.1, 0.15) is 72.5 Å². The molecule has 0 unspecified atom stereocenters. The van der Waals surface area contributed by atoms with E-state index in [1.165, 1.54) is 84.9 Å². The Labute approximate surface area is 457 Å². The Kier molecular flexibility index (Phi) is 18.3. The molecule has 2 aliphatic rings. The predicted molar refractivity (Wildman–Crippen MR) is 280 cm³/mol. The van der Waals surface area contributed by atoms with Crippen LogP contribution in [0.2, 0.25) is 0 Å². The second-order valence-corrected chi connectivity index (χ2v) is 18.2. The lowest BCUT2D eigenvalue weighted by Gasteiger charge is -2.48. The van der Waals surface area contributed by atoms with E-state index in [4.69, 9.17) is 59.0 Å². The summed E-state index contributed by atoms with van der Waals surface area (Å²) < 4.78 is 62.6. The molecule has 0 bridgehead atoms. The van der Waals surface area contributed by atoms with E-state index in [-0.39, 0.29) is 38.9 Å². The molecule has 2 heterocycles. The van der Waals surface area contributed by atoms with E-state index in [1.54, 1.807) is 127 Å². The summed E-state index contributed by atoms with van der Waals surface area (Å²) in [6, 6.07) is 54.7. The summed E-state index contributed by atoms with van der Waals surface area (Å²) in [5.41, 5.74) is -1.22. The molecule has 18 heteroatoms. The lowest BCUT2D eigenvalue weighted by Crippen LogP contribution is -2.67. The number of carbonyl (C=O) groups excluding carboxylic acids is 7. The van der Waals surface area contributed by atoms with Crippen LogP contribution < -0.4 is 0 Å². The fourth-order valence-corrected chi connectivity index (χ4v) is 8.89. The highest BCUT2D eigenvalue weighted by atomic mass is 35.5. The molecule has 9 rings (SSSR count). The van der Waals surface area contributed by atoms with Crippen LogP contribution in [0.3, 0.4) is 0 Å². The molecule has 0 amide bonds. The third kappa shape index (κ3) is 14.0. The highest BCUT2D eigenvalue weighted by molar-refractivity contribution is 6.20. The average Bonchev–Trinajstić information content (AvgIpc) is 3.50. The minimum Gasteiger partial charge on any atom is -0.459 e. The Hall–Kier alpha value is -9.00. The van der Waals surface area contributed by atoms with Gasteiger partial charge in [-0.1, -0.05) is 139 Å². The van der Waals surface area contributed by atoms with E-state index in [2.05, 4.69) is 0 Å². The number of halogens is 1. The van der Waals surface area contributed by atoms with Crippen molar-refractivity contribution in [3.8, 4) is 0 Å². The fraction of sp³-hybridized carbons (Fsp3) is 0.197. The minimum absolute atomic E-state index is 0.00245. The molecule has 79 heavy (non-hydrogen) atoms. The maximum Gasteiger partial charge on any atom is 0.338 e. The molecule has 2 saturated heterocycles. The fourth-order valence-electron chi connectivity index (χ4n) is 8.56. The van der Waals surface area contributed by atoms with Gasteiger partial charge in [-0.3, -0.25) is 0 Å². The number of hydrogen-bond acceptors (Lipinski definition) is 17. The Morgan fingerprint density at radius 1 is 0.304 bits per heavy atom. The van der Waals surface area contributed by atoms with Gasteiger partial charge >= 0.3 is 41.8 Å². The first-order valence-corrected chi connectivity index (χ1v) is 25.3. The summed E-state index contributed by atoms with van der Waals surface area (Å²) in [5.74, 6) is -6.50. The number of benzene rings is 7. The molecular formula is C61H49ClO17. The molecular weight excluding hydrogens is 1040 g/mol. The first-order valence-electron chi connectivity index (χ1n) is 24.9. The normalized spacial score (nSPS) is 22.4. The van der Waals surface area contributed by atoms with Crippen LogP contribution in [-0.2, 0) is 47.4 Å². The first kappa shape index (κ1) is 54.8. The molecule has 2 fully saturated rings. The lowest BCUT2D eigenvalue weighted by atomic mass is 9.96. The van der Waals surface area contributed by atoms with Crippen molar-refractivity contribution in [1.82, 2.24) is 0 Å². The molecule has 0 aromatic heterocycles. The molecule has 2 aliphatic heterocycles.